The second-order valence-corrected chi connectivity index (χ2v) is 3.80. The summed E-state index contributed by atoms with van der Waals surface area (Å²) in [7, 11) is 0. The maximum absolute atomic E-state index is 11.1. The molecule has 4 heteroatoms. The molecule has 4 atom stereocenters. The Hall–Kier alpha value is -1.32. The van der Waals surface area contributed by atoms with Gasteiger partial charge in [0, 0.05) is 0 Å². The van der Waals surface area contributed by atoms with Gasteiger partial charge >= 0.3 is 0 Å². The fourth-order valence-corrected chi connectivity index (χ4v) is 2.60. The highest BCUT2D eigenvalue weighted by Gasteiger charge is 2.49. The lowest BCUT2D eigenvalue weighted by Crippen LogP contribution is -2.39. The van der Waals surface area contributed by atoms with E-state index in [0.717, 1.165) is 6.42 Å². The summed E-state index contributed by atoms with van der Waals surface area (Å²) in [5.74, 6) is -1.26. The van der Waals surface area contributed by atoms with Crippen LogP contribution in [0.1, 0.15) is 6.42 Å². The standard InChI is InChI=1S/C9H12N2O2/c10-8(12)6-4-1-2-5(3-4)7(6)9(11)13/h1-2,4-7H,3H2,(H2,10,12)(H2,11,13)/t4-,5+,6+,7-. The molecule has 1 saturated carbocycles. The van der Waals surface area contributed by atoms with Crippen molar-refractivity contribution in [1.29, 1.82) is 0 Å². The molecule has 70 valence electrons. The largest absolute Gasteiger partial charge is 0.369 e. The first-order valence-corrected chi connectivity index (χ1v) is 4.38. The molecule has 2 bridgehead atoms. The summed E-state index contributed by atoms with van der Waals surface area (Å²) >= 11 is 0. The number of fused-ring (bicyclic) bond motifs is 2. The Morgan fingerprint density at radius 2 is 1.38 bits per heavy atom. The molecular weight excluding hydrogens is 168 g/mol. The summed E-state index contributed by atoms with van der Waals surface area (Å²) in [6.07, 6.45) is 4.79. The van der Waals surface area contributed by atoms with Crippen LogP contribution in [0.25, 0.3) is 0 Å². The lowest BCUT2D eigenvalue weighted by molar-refractivity contribution is -0.131. The van der Waals surface area contributed by atoms with Gasteiger partial charge in [-0.3, -0.25) is 9.59 Å². The minimum Gasteiger partial charge on any atom is -0.369 e. The molecular formula is C9H12N2O2. The quantitative estimate of drug-likeness (QED) is 0.556. The molecule has 0 heterocycles. The third kappa shape index (κ3) is 1.05. The zero-order chi connectivity index (χ0) is 9.59. The van der Waals surface area contributed by atoms with Gasteiger partial charge in [-0.15, -0.1) is 0 Å². The van der Waals surface area contributed by atoms with Crippen LogP contribution >= 0.6 is 0 Å². The highest BCUT2D eigenvalue weighted by atomic mass is 16.2. The van der Waals surface area contributed by atoms with Crippen molar-refractivity contribution in [2.45, 2.75) is 6.42 Å². The third-order valence-corrected chi connectivity index (χ3v) is 3.12. The predicted molar refractivity (Wildman–Crippen MR) is 46.1 cm³/mol. The van der Waals surface area contributed by atoms with Crippen molar-refractivity contribution < 1.29 is 9.59 Å². The van der Waals surface area contributed by atoms with E-state index in [0.29, 0.717) is 0 Å². The van der Waals surface area contributed by atoms with Crippen molar-refractivity contribution in [1.82, 2.24) is 0 Å². The maximum Gasteiger partial charge on any atom is 0.221 e. The van der Waals surface area contributed by atoms with E-state index < -0.39 is 11.8 Å². The Bertz CT molecular complexity index is 270. The van der Waals surface area contributed by atoms with Crippen LogP contribution in [0.3, 0.4) is 0 Å². The number of carbonyl (C=O) groups excluding carboxylic acids is 2. The molecule has 2 aliphatic carbocycles. The van der Waals surface area contributed by atoms with E-state index in [-0.39, 0.29) is 23.7 Å². The zero-order valence-electron chi connectivity index (χ0n) is 7.14. The number of primary amides is 2. The average Bonchev–Trinajstić information content (AvgIpc) is 2.60. The Morgan fingerprint density at radius 3 is 1.69 bits per heavy atom. The molecule has 0 aromatic rings. The van der Waals surface area contributed by atoms with Crippen LogP contribution < -0.4 is 11.5 Å². The molecule has 4 nitrogen and oxygen atoms in total. The smallest absolute Gasteiger partial charge is 0.221 e. The number of rotatable bonds is 2. The second-order valence-electron chi connectivity index (χ2n) is 3.80. The first-order chi connectivity index (χ1) is 6.11. The van der Waals surface area contributed by atoms with Crippen molar-refractivity contribution >= 4 is 11.8 Å². The fraction of sp³-hybridized carbons (Fsp3) is 0.556. The second kappa shape index (κ2) is 2.58. The summed E-state index contributed by atoms with van der Waals surface area (Å²) in [4.78, 5) is 22.2. The van der Waals surface area contributed by atoms with Crippen LogP contribution in [-0.4, -0.2) is 11.8 Å². The van der Waals surface area contributed by atoms with E-state index >= 15 is 0 Å². The van der Waals surface area contributed by atoms with Gasteiger partial charge in [-0.1, -0.05) is 12.2 Å². The Labute approximate surface area is 76.0 Å². The molecule has 2 rings (SSSR count). The molecule has 4 N–H and O–H groups in total. The third-order valence-electron chi connectivity index (χ3n) is 3.12. The van der Waals surface area contributed by atoms with Gasteiger partial charge in [-0.05, 0) is 18.3 Å². The monoisotopic (exact) mass is 180 g/mol. The van der Waals surface area contributed by atoms with Crippen molar-refractivity contribution in [3.63, 3.8) is 0 Å². The van der Waals surface area contributed by atoms with Crippen LogP contribution in [0.15, 0.2) is 12.2 Å². The van der Waals surface area contributed by atoms with Crippen LogP contribution in [0.5, 0.6) is 0 Å². The van der Waals surface area contributed by atoms with Gasteiger partial charge in [0.1, 0.15) is 0 Å². The number of amides is 2. The number of carbonyl (C=O) groups is 2. The molecule has 1 fully saturated rings. The molecule has 0 radical (unpaired) electrons. The Morgan fingerprint density at radius 1 is 1.00 bits per heavy atom. The lowest BCUT2D eigenvalue weighted by Gasteiger charge is -2.22. The SMILES string of the molecule is NC(=O)[C@@H]1[C@H](C(N)=O)[C@H]2C=C[C@@H]1C2. The minimum absolute atomic E-state index is 0.139. The molecule has 0 aromatic carbocycles. The van der Waals surface area contributed by atoms with Gasteiger partial charge in [0.05, 0.1) is 11.8 Å². The van der Waals surface area contributed by atoms with Crippen LogP contribution in [0, 0.1) is 23.7 Å². The maximum atomic E-state index is 11.1. The van der Waals surface area contributed by atoms with Crippen molar-refractivity contribution in [3.05, 3.63) is 12.2 Å². The van der Waals surface area contributed by atoms with Gasteiger partial charge in [-0.2, -0.15) is 0 Å². The topological polar surface area (TPSA) is 86.2 Å². The zero-order valence-corrected chi connectivity index (χ0v) is 7.14. The van der Waals surface area contributed by atoms with E-state index in [1.54, 1.807) is 0 Å². The average molecular weight is 180 g/mol. The fourth-order valence-electron chi connectivity index (χ4n) is 2.60. The molecule has 0 spiro atoms. The van der Waals surface area contributed by atoms with E-state index in [1.807, 2.05) is 12.2 Å². The molecule has 0 aliphatic heterocycles. The van der Waals surface area contributed by atoms with Gasteiger partial charge in [-0.25, -0.2) is 0 Å². The van der Waals surface area contributed by atoms with Gasteiger partial charge in [0.2, 0.25) is 11.8 Å². The van der Waals surface area contributed by atoms with Crippen molar-refractivity contribution in [3.8, 4) is 0 Å². The first-order valence-electron chi connectivity index (χ1n) is 4.38. The number of hydrogen-bond donors (Lipinski definition) is 2. The first kappa shape index (κ1) is 8.29. The van der Waals surface area contributed by atoms with Gasteiger partial charge in [0.25, 0.3) is 0 Å². The van der Waals surface area contributed by atoms with E-state index in [9.17, 15) is 9.59 Å². The normalized spacial score (nSPS) is 40.9. The Kier molecular flexibility index (Phi) is 1.65. The number of nitrogens with two attached hydrogens (primary N) is 2. The van der Waals surface area contributed by atoms with Crippen molar-refractivity contribution in [2.75, 3.05) is 0 Å². The number of hydrogen-bond acceptors (Lipinski definition) is 2. The lowest BCUT2D eigenvalue weighted by atomic mass is 9.82. The molecule has 0 saturated heterocycles. The highest BCUT2D eigenvalue weighted by molar-refractivity contribution is 5.88. The van der Waals surface area contributed by atoms with Gasteiger partial charge < -0.3 is 11.5 Å². The van der Waals surface area contributed by atoms with Crippen molar-refractivity contribution in [2.24, 2.45) is 35.1 Å². The van der Waals surface area contributed by atoms with E-state index in [2.05, 4.69) is 0 Å². The van der Waals surface area contributed by atoms with Crippen LogP contribution in [0.2, 0.25) is 0 Å². The molecule has 2 aliphatic rings. The summed E-state index contributed by atoms with van der Waals surface area (Å²) < 4.78 is 0. The van der Waals surface area contributed by atoms with Crippen LogP contribution in [-0.2, 0) is 9.59 Å². The minimum atomic E-state index is -0.402. The Balaban J connectivity index is 2.30. The number of allylic oxidation sites excluding steroid dienone is 2. The van der Waals surface area contributed by atoms with E-state index in [1.165, 1.54) is 0 Å². The summed E-state index contributed by atoms with van der Waals surface area (Å²) in [6, 6.07) is 0. The summed E-state index contributed by atoms with van der Waals surface area (Å²) in [5, 5.41) is 0. The van der Waals surface area contributed by atoms with Crippen LogP contribution in [0.4, 0.5) is 0 Å². The predicted octanol–water partition coefficient (Wildman–Crippen LogP) is -0.605. The highest BCUT2D eigenvalue weighted by Crippen LogP contribution is 2.47. The summed E-state index contributed by atoms with van der Waals surface area (Å²) in [6.45, 7) is 0. The van der Waals surface area contributed by atoms with E-state index in [4.69, 9.17) is 11.5 Å². The molecule has 13 heavy (non-hydrogen) atoms. The summed E-state index contributed by atoms with van der Waals surface area (Å²) in [5.41, 5.74) is 10.5. The molecule has 0 aromatic heterocycles. The van der Waals surface area contributed by atoms with Gasteiger partial charge in [0.15, 0.2) is 0 Å². The molecule has 0 unspecified atom stereocenters. The molecule has 2 amide bonds.